The van der Waals surface area contributed by atoms with Crippen molar-refractivity contribution in [1.82, 2.24) is 0 Å². The van der Waals surface area contributed by atoms with E-state index in [4.69, 9.17) is 5.26 Å². The number of nitriles is 1. The molecule has 2 aromatic carbocycles. The number of carbonyl (C=O) groups excluding carboxylic acids is 1. The summed E-state index contributed by atoms with van der Waals surface area (Å²) in [5.41, 5.74) is 3.12. The molecular weight excluding hydrogens is 262 g/mol. The monoisotopic (exact) mass is 279 g/mol. The normalized spacial score (nSPS) is 11.3. The highest BCUT2D eigenvalue weighted by Crippen LogP contribution is 2.18. The van der Waals surface area contributed by atoms with E-state index in [0.717, 1.165) is 16.9 Å². The van der Waals surface area contributed by atoms with E-state index in [2.05, 4.69) is 16.7 Å². The van der Waals surface area contributed by atoms with E-state index in [1.807, 2.05) is 43.3 Å². The Labute approximate surface area is 124 Å². The molecule has 4 nitrogen and oxygen atoms in total. The van der Waals surface area contributed by atoms with Gasteiger partial charge in [-0.2, -0.15) is 5.26 Å². The lowest BCUT2D eigenvalue weighted by atomic mass is 10.1. The van der Waals surface area contributed by atoms with Crippen LogP contribution in [0.4, 0.5) is 11.4 Å². The van der Waals surface area contributed by atoms with Crippen LogP contribution in [0.15, 0.2) is 48.5 Å². The van der Waals surface area contributed by atoms with Crippen molar-refractivity contribution in [2.75, 3.05) is 10.6 Å². The number of para-hydroxylation sites is 1. The summed E-state index contributed by atoms with van der Waals surface area (Å²) in [5.74, 6) is -0.122. The SMILES string of the molecule is Cc1ccc(C#N)cc1NC(C)C(=O)Nc1ccccc1. The number of rotatable bonds is 4. The Hall–Kier alpha value is -2.80. The second kappa shape index (κ2) is 6.58. The predicted octanol–water partition coefficient (Wildman–Crippen LogP) is 3.31. The number of hydrogen-bond donors (Lipinski definition) is 2. The number of nitrogens with zero attached hydrogens (tertiary/aromatic N) is 1. The molecule has 2 aromatic rings. The van der Waals surface area contributed by atoms with Crippen LogP contribution >= 0.6 is 0 Å². The van der Waals surface area contributed by atoms with E-state index in [1.165, 1.54) is 0 Å². The van der Waals surface area contributed by atoms with Gasteiger partial charge in [-0.15, -0.1) is 0 Å². The van der Waals surface area contributed by atoms with Gasteiger partial charge in [0.05, 0.1) is 11.6 Å². The van der Waals surface area contributed by atoms with Crippen molar-refractivity contribution in [3.8, 4) is 6.07 Å². The molecule has 0 aliphatic heterocycles. The van der Waals surface area contributed by atoms with Crippen molar-refractivity contribution < 1.29 is 4.79 Å². The Morgan fingerprint density at radius 3 is 2.57 bits per heavy atom. The Kier molecular flexibility index (Phi) is 4.57. The van der Waals surface area contributed by atoms with Crippen LogP contribution in [0.2, 0.25) is 0 Å². The Bertz CT molecular complexity index is 674. The van der Waals surface area contributed by atoms with Crippen molar-refractivity contribution in [3.05, 3.63) is 59.7 Å². The summed E-state index contributed by atoms with van der Waals surface area (Å²) in [4.78, 5) is 12.1. The topological polar surface area (TPSA) is 64.9 Å². The molecule has 0 aliphatic carbocycles. The highest BCUT2D eigenvalue weighted by Gasteiger charge is 2.13. The summed E-state index contributed by atoms with van der Waals surface area (Å²) in [7, 11) is 0. The van der Waals surface area contributed by atoms with Crippen molar-refractivity contribution >= 4 is 17.3 Å². The molecule has 21 heavy (non-hydrogen) atoms. The average molecular weight is 279 g/mol. The van der Waals surface area contributed by atoms with E-state index < -0.39 is 6.04 Å². The van der Waals surface area contributed by atoms with Crippen LogP contribution < -0.4 is 10.6 Å². The van der Waals surface area contributed by atoms with E-state index in [9.17, 15) is 4.79 Å². The highest BCUT2D eigenvalue weighted by molar-refractivity contribution is 5.96. The van der Waals surface area contributed by atoms with E-state index in [1.54, 1.807) is 19.1 Å². The number of benzene rings is 2. The molecule has 2 rings (SSSR count). The minimum Gasteiger partial charge on any atom is -0.374 e. The number of carbonyl (C=O) groups is 1. The maximum absolute atomic E-state index is 12.1. The summed E-state index contributed by atoms with van der Waals surface area (Å²) in [6.45, 7) is 3.72. The van der Waals surface area contributed by atoms with Gasteiger partial charge >= 0.3 is 0 Å². The van der Waals surface area contributed by atoms with E-state index in [0.29, 0.717) is 5.56 Å². The molecule has 1 unspecified atom stereocenters. The molecule has 1 atom stereocenters. The number of aryl methyl sites for hydroxylation is 1. The number of nitrogens with one attached hydrogen (secondary N) is 2. The van der Waals surface area contributed by atoms with Gasteiger partial charge in [0, 0.05) is 11.4 Å². The predicted molar refractivity (Wildman–Crippen MR) is 84.1 cm³/mol. The molecule has 0 aliphatic rings. The van der Waals surface area contributed by atoms with Crippen molar-refractivity contribution in [1.29, 1.82) is 5.26 Å². The molecule has 1 amide bonds. The molecule has 0 radical (unpaired) electrons. The first-order valence-corrected chi connectivity index (χ1v) is 6.73. The maximum atomic E-state index is 12.1. The second-order valence-corrected chi connectivity index (χ2v) is 4.86. The van der Waals surface area contributed by atoms with Gasteiger partial charge in [-0.1, -0.05) is 24.3 Å². The summed E-state index contributed by atoms with van der Waals surface area (Å²) in [6.07, 6.45) is 0. The maximum Gasteiger partial charge on any atom is 0.246 e. The van der Waals surface area contributed by atoms with Gasteiger partial charge in [-0.05, 0) is 43.7 Å². The quantitative estimate of drug-likeness (QED) is 0.902. The van der Waals surface area contributed by atoms with Crippen LogP contribution in [-0.2, 0) is 4.79 Å². The fourth-order valence-corrected chi connectivity index (χ4v) is 1.92. The number of anilines is 2. The summed E-state index contributed by atoms with van der Waals surface area (Å²) in [5, 5.41) is 14.9. The van der Waals surface area contributed by atoms with Gasteiger partial charge in [-0.25, -0.2) is 0 Å². The largest absolute Gasteiger partial charge is 0.374 e. The molecule has 106 valence electrons. The molecule has 0 saturated carbocycles. The molecule has 0 heterocycles. The van der Waals surface area contributed by atoms with Crippen molar-refractivity contribution in [3.63, 3.8) is 0 Å². The zero-order valence-electron chi connectivity index (χ0n) is 12.1. The van der Waals surface area contributed by atoms with Gasteiger partial charge in [0.15, 0.2) is 0 Å². The van der Waals surface area contributed by atoms with Crippen LogP contribution in [-0.4, -0.2) is 11.9 Å². The standard InChI is InChI=1S/C17H17N3O/c1-12-8-9-14(11-18)10-16(12)19-13(2)17(21)20-15-6-4-3-5-7-15/h3-10,13,19H,1-2H3,(H,20,21). The first kappa shape index (κ1) is 14.6. The summed E-state index contributed by atoms with van der Waals surface area (Å²) >= 11 is 0. The molecule has 0 spiro atoms. The third kappa shape index (κ3) is 3.83. The lowest BCUT2D eigenvalue weighted by Gasteiger charge is -2.17. The third-order valence-electron chi connectivity index (χ3n) is 3.17. The first-order chi connectivity index (χ1) is 10.1. The molecule has 0 bridgehead atoms. The lowest BCUT2D eigenvalue weighted by Crippen LogP contribution is -2.32. The molecule has 0 saturated heterocycles. The van der Waals surface area contributed by atoms with Crippen molar-refractivity contribution in [2.24, 2.45) is 0 Å². The molecule has 0 fully saturated rings. The van der Waals surface area contributed by atoms with Crippen LogP contribution in [0.1, 0.15) is 18.1 Å². The second-order valence-electron chi connectivity index (χ2n) is 4.86. The smallest absolute Gasteiger partial charge is 0.246 e. The Morgan fingerprint density at radius 1 is 1.19 bits per heavy atom. The lowest BCUT2D eigenvalue weighted by molar-refractivity contribution is -0.116. The zero-order chi connectivity index (χ0) is 15.2. The van der Waals surface area contributed by atoms with E-state index >= 15 is 0 Å². The zero-order valence-corrected chi connectivity index (χ0v) is 12.1. The van der Waals surface area contributed by atoms with Gasteiger partial charge < -0.3 is 10.6 Å². The van der Waals surface area contributed by atoms with Crippen LogP contribution in [0.3, 0.4) is 0 Å². The fourth-order valence-electron chi connectivity index (χ4n) is 1.92. The molecule has 0 aromatic heterocycles. The van der Waals surface area contributed by atoms with Gasteiger partial charge in [0.25, 0.3) is 0 Å². The number of hydrogen-bond acceptors (Lipinski definition) is 3. The average Bonchev–Trinajstić information content (AvgIpc) is 2.50. The summed E-state index contributed by atoms with van der Waals surface area (Å²) in [6, 6.07) is 16.4. The molecule has 4 heteroatoms. The van der Waals surface area contributed by atoms with Crippen LogP contribution in [0.25, 0.3) is 0 Å². The van der Waals surface area contributed by atoms with Gasteiger partial charge in [0.1, 0.15) is 6.04 Å². The molecular formula is C17H17N3O. The van der Waals surface area contributed by atoms with Crippen molar-refractivity contribution in [2.45, 2.75) is 19.9 Å². The van der Waals surface area contributed by atoms with Crippen LogP contribution in [0, 0.1) is 18.3 Å². The van der Waals surface area contributed by atoms with Crippen LogP contribution in [0.5, 0.6) is 0 Å². The Morgan fingerprint density at radius 2 is 1.90 bits per heavy atom. The Balaban J connectivity index is 2.06. The minimum atomic E-state index is -0.405. The third-order valence-corrected chi connectivity index (χ3v) is 3.17. The van der Waals surface area contributed by atoms with Gasteiger partial charge in [-0.3, -0.25) is 4.79 Å². The first-order valence-electron chi connectivity index (χ1n) is 6.73. The van der Waals surface area contributed by atoms with Gasteiger partial charge in [0.2, 0.25) is 5.91 Å². The highest BCUT2D eigenvalue weighted by atomic mass is 16.2. The molecule has 2 N–H and O–H groups in total. The summed E-state index contributed by atoms with van der Waals surface area (Å²) < 4.78 is 0. The minimum absolute atomic E-state index is 0.122. The van der Waals surface area contributed by atoms with E-state index in [-0.39, 0.29) is 5.91 Å². The fraction of sp³-hybridized carbons (Fsp3) is 0.176. The number of amides is 1.